The van der Waals surface area contributed by atoms with Gasteiger partial charge in [0, 0.05) is 13.1 Å². The van der Waals surface area contributed by atoms with E-state index >= 15 is 0 Å². The number of halogens is 3. The van der Waals surface area contributed by atoms with Crippen molar-refractivity contribution < 1.29 is 22.7 Å². The van der Waals surface area contributed by atoms with E-state index in [1.54, 1.807) is 6.92 Å². The Balaban J connectivity index is 2.58. The summed E-state index contributed by atoms with van der Waals surface area (Å²) < 4.78 is 42.0. The van der Waals surface area contributed by atoms with Crippen molar-refractivity contribution in [1.82, 2.24) is 10.2 Å². The second-order valence-corrected chi connectivity index (χ2v) is 3.96. The molecular formula is C10H17F3N2O2. The molecule has 0 radical (unpaired) electrons. The SMILES string of the molecule is CCCN(CC(F)(F)F)C(=O)C1COCCN1. The number of alkyl halides is 3. The van der Waals surface area contributed by atoms with Crippen LogP contribution in [0.25, 0.3) is 0 Å². The molecule has 1 unspecified atom stereocenters. The first-order chi connectivity index (χ1) is 7.94. The average molecular weight is 254 g/mol. The van der Waals surface area contributed by atoms with E-state index in [0.29, 0.717) is 19.6 Å². The summed E-state index contributed by atoms with van der Waals surface area (Å²) in [6.45, 7) is 1.76. The van der Waals surface area contributed by atoms with Gasteiger partial charge in [-0.25, -0.2) is 0 Å². The summed E-state index contributed by atoms with van der Waals surface area (Å²) >= 11 is 0. The van der Waals surface area contributed by atoms with E-state index in [1.807, 2.05) is 0 Å². The second-order valence-electron chi connectivity index (χ2n) is 3.96. The van der Waals surface area contributed by atoms with Gasteiger partial charge in [0.1, 0.15) is 12.6 Å². The zero-order chi connectivity index (χ0) is 12.9. The Kier molecular flexibility index (Phi) is 5.20. The number of rotatable bonds is 4. The molecule has 0 aromatic rings. The van der Waals surface area contributed by atoms with Crippen LogP contribution in [0.3, 0.4) is 0 Å². The minimum absolute atomic E-state index is 0.108. The standard InChI is InChI=1S/C10H17F3N2O2/c1-2-4-15(7-10(11,12)13)9(16)8-6-17-5-3-14-8/h8,14H,2-7H2,1H3. The molecule has 0 aromatic carbocycles. The lowest BCUT2D eigenvalue weighted by atomic mass is 10.2. The molecule has 0 aromatic heterocycles. The molecule has 17 heavy (non-hydrogen) atoms. The fourth-order valence-corrected chi connectivity index (χ4v) is 1.70. The Morgan fingerprint density at radius 1 is 1.53 bits per heavy atom. The molecule has 0 spiro atoms. The third-order valence-corrected chi connectivity index (χ3v) is 2.40. The molecule has 1 amide bonds. The van der Waals surface area contributed by atoms with Crippen molar-refractivity contribution in [2.24, 2.45) is 0 Å². The molecule has 1 aliphatic heterocycles. The summed E-state index contributed by atoms with van der Waals surface area (Å²) in [5.41, 5.74) is 0. The zero-order valence-electron chi connectivity index (χ0n) is 9.72. The molecule has 4 nitrogen and oxygen atoms in total. The van der Waals surface area contributed by atoms with Gasteiger partial charge in [-0.3, -0.25) is 4.79 Å². The number of ether oxygens (including phenoxy) is 1. The normalized spacial score (nSPS) is 21.3. The molecule has 1 N–H and O–H groups in total. The fraction of sp³-hybridized carbons (Fsp3) is 0.900. The lowest BCUT2D eigenvalue weighted by Gasteiger charge is -2.30. The number of nitrogens with zero attached hydrogens (tertiary/aromatic N) is 1. The van der Waals surface area contributed by atoms with E-state index in [0.717, 1.165) is 4.90 Å². The smallest absolute Gasteiger partial charge is 0.378 e. The largest absolute Gasteiger partial charge is 0.406 e. The van der Waals surface area contributed by atoms with Gasteiger partial charge in [0.05, 0.1) is 13.2 Å². The first-order valence-corrected chi connectivity index (χ1v) is 5.60. The monoisotopic (exact) mass is 254 g/mol. The molecule has 1 heterocycles. The van der Waals surface area contributed by atoms with Gasteiger partial charge in [0.2, 0.25) is 5.91 Å². The van der Waals surface area contributed by atoms with Gasteiger partial charge < -0.3 is 15.0 Å². The van der Waals surface area contributed by atoms with Crippen LogP contribution in [-0.2, 0) is 9.53 Å². The predicted molar refractivity (Wildman–Crippen MR) is 55.5 cm³/mol. The van der Waals surface area contributed by atoms with Crippen molar-refractivity contribution >= 4 is 5.91 Å². The highest BCUT2D eigenvalue weighted by Gasteiger charge is 2.35. The van der Waals surface area contributed by atoms with Gasteiger partial charge >= 0.3 is 6.18 Å². The molecule has 1 rings (SSSR count). The average Bonchev–Trinajstić information content (AvgIpc) is 2.27. The lowest BCUT2D eigenvalue weighted by Crippen LogP contribution is -2.54. The van der Waals surface area contributed by atoms with Crippen molar-refractivity contribution in [3.8, 4) is 0 Å². The lowest BCUT2D eigenvalue weighted by molar-refractivity contribution is -0.164. The van der Waals surface area contributed by atoms with Crippen molar-refractivity contribution in [3.63, 3.8) is 0 Å². The van der Waals surface area contributed by atoms with Crippen molar-refractivity contribution in [1.29, 1.82) is 0 Å². The fourth-order valence-electron chi connectivity index (χ4n) is 1.70. The predicted octanol–water partition coefficient (Wildman–Crippen LogP) is 0.776. The first kappa shape index (κ1) is 14.2. The highest BCUT2D eigenvalue weighted by atomic mass is 19.4. The molecular weight excluding hydrogens is 237 g/mol. The van der Waals surface area contributed by atoms with Gasteiger partial charge in [0.25, 0.3) is 0 Å². The Morgan fingerprint density at radius 3 is 2.71 bits per heavy atom. The molecule has 1 fully saturated rings. The van der Waals surface area contributed by atoms with Gasteiger partial charge in [-0.05, 0) is 6.42 Å². The number of morpholine rings is 1. The Labute approximate surface area is 98.1 Å². The summed E-state index contributed by atoms with van der Waals surface area (Å²) in [7, 11) is 0. The maximum atomic E-state index is 12.3. The topological polar surface area (TPSA) is 41.6 Å². The minimum Gasteiger partial charge on any atom is -0.378 e. The second kappa shape index (κ2) is 6.20. The maximum absolute atomic E-state index is 12.3. The molecule has 0 bridgehead atoms. The van der Waals surface area contributed by atoms with Gasteiger partial charge in [-0.2, -0.15) is 13.2 Å². The number of hydrogen-bond acceptors (Lipinski definition) is 3. The molecule has 0 saturated carbocycles. The van der Waals surface area contributed by atoms with Crippen LogP contribution in [0.5, 0.6) is 0 Å². The van der Waals surface area contributed by atoms with Crippen molar-refractivity contribution in [2.75, 3.05) is 32.8 Å². The van der Waals surface area contributed by atoms with Crippen LogP contribution in [0, 0.1) is 0 Å². The highest BCUT2D eigenvalue weighted by Crippen LogP contribution is 2.17. The summed E-state index contributed by atoms with van der Waals surface area (Å²) in [4.78, 5) is 12.7. The van der Waals surface area contributed by atoms with Crippen LogP contribution in [0.4, 0.5) is 13.2 Å². The zero-order valence-corrected chi connectivity index (χ0v) is 9.72. The maximum Gasteiger partial charge on any atom is 0.406 e. The van der Waals surface area contributed by atoms with Crippen molar-refractivity contribution in [3.05, 3.63) is 0 Å². The molecule has 7 heteroatoms. The minimum atomic E-state index is -4.36. The van der Waals surface area contributed by atoms with Crippen LogP contribution < -0.4 is 5.32 Å². The number of carbonyl (C=O) groups excluding carboxylic acids is 1. The number of amides is 1. The number of nitrogens with one attached hydrogen (secondary N) is 1. The van der Waals surface area contributed by atoms with E-state index in [2.05, 4.69) is 5.32 Å². The van der Waals surface area contributed by atoms with E-state index in [4.69, 9.17) is 4.74 Å². The Bertz CT molecular complexity index is 252. The Morgan fingerprint density at radius 2 is 2.24 bits per heavy atom. The Hall–Kier alpha value is -0.820. The van der Waals surface area contributed by atoms with Gasteiger partial charge in [0.15, 0.2) is 0 Å². The molecule has 1 atom stereocenters. The molecule has 100 valence electrons. The summed E-state index contributed by atoms with van der Waals surface area (Å²) in [6.07, 6.45) is -3.87. The molecule has 1 saturated heterocycles. The highest BCUT2D eigenvalue weighted by molar-refractivity contribution is 5.82. The van der Waals surface area contributed by atoms with E-state index < -0.39 is 24.7 Å². The summed E-state index contributed by atoms with van der Waals surface area (Å²) in [5.74, 6) is -0.538. The van der Waals surface area contributed by atoms with Crippen LogP contribution in [0.2, 0.25) is 0 Å². The third-order valence-electron chi connectivity index (χ3n) is 2.40. The number of carbonyl (C=O) groups is 1. The van der Waals surface area contributed by atoms with Crippen LogP contribution in [0.15, 0.2) is 0 Å². The molecule has 1 aliphatic rings. The van der Waals surface area contributed by atoms with Crippen LogP contribution in [-0.4, -0.2) is 55.9 Å². The van der Waals surface area contributed by atoms with Crippen molar-refractivity contribution in [2.45, 2.75) is 25.6 Å². The van der Waals surface area contributed by atoms with Gasteiger partial charge in [-0.1, -0.05) is 6.92 Å². The van der Waals surface area contributed by atoms with Gasteiger partial charge in [-0.15, -0.1) is 0 Å². The quantitative estimate of drug-likeness (QED) is 0.806. The van der Waals surface area contributed by atoms with Crippen LogP contribution >= 0.6 is 0 Å². The van der Waals surface area contributed by atoms with E-state index in [1.165, 1.54) is 0 Å². The molecule has 0 aliphatic carbocycles. The first-order valence-electron chi connectivity index (χ1n) is 5.60. The summed E-state index contributed by atoms with van der Waals surface area (Å²) in [6, 6.07) is -0.655. The van der Waals surface area contributed by atoms with E-state index in [9.17, 15) is 18.0 Å². The number of hydrogen-bond donors (Lipinski definition) is 1. The summed E-state index contributed by atoms with van der Waals surface area (Å²) in [5, 5.41) is 2.86. The third kappa shape index (κ3) is 4.91. The van der Waals surface area contributed by atoms with E-state index in [-0.39, 0.29) is 13.2 Å². The van der Waals surface area contributed by atoms with Crippen LogP contribution in [0.1, 0.15) is 13.3 Å².